The second-order valence-corrected chi connectivity index (χ2v) is 4.71. The van der Waals surface area contributed by atoms with Crippen molar-refractivity contribution in [1.29, 1.82) is 0 Å². The van der Waals surface area contributed by atoms with Crippen molar-refractivity contribution in [2.75, 3.05) is 52.9 Å². The minimum absolute atomic E-state index is 0.0396. The van der Waals surface area contributed by atoms with Crippen LogP contribution in [0.3, 0.4) is 0 Å². The standard InChI is InChI=1S/C12H24O8/c13-1-9(14)6-20-12-7-18-4-10(15)2-17-3-11(16)5-19-8-12/h9-16H,1-8H2. The van der Waals surface area contributed by atoms with E-state index in [9.17, 15) is 15.3 Å². The van der Waals surface area contributed by atoms with Crippen LogP contribution in [0.4, 0.5) is 0 Å². The molecule has 120 valence electrons. The number of aliphatic hydroxyl groups is 4. The van der Waals surface area contributed by atoms with Gasteiger partial charge in [0.1, 0.15) is 24.4 Å². The lowest BCUT2D eigenvalue weighted by atomic mass is 10.3. The van der Waals surface area contributed by atoms with Gasteiger partial charge in [-0.3, -0.25) is 0 Å². The zero-order chi connectivity index (χ0) is 14.8. The molecule has 0 aliphatic carbocycles. The van der Waals surface area contributed by atoms with Crippen molar-refractivity contribution in [3.8, 4) is 0 Å². The predicted octanol–water partition coefficient (Wildman–Crippen LogP) is -2.49. The molecule has 3 unspecified atom stereocenters. The number of aliphatic hydroxyl groups excluding tert-OH is 4. The first-order valence-electron chi connectivity index (χ1n) is 6.61. The van der Waals surface area contributed by atoms with Crippen molar-refractivity contribution in [3.05, 3.63) is 0 Å². The third-order valence-corrected chi connectivity index (χ3v) is 2.58. The highest BCUT2D eigenvalue weighted by atomic mass is 16.6. The number of ether oxygens (including phenoxy) is 4. The second-order valence-electron chi connectivity index (χ2n) is 4.71. The van der Waals surface area contributed by atoms with Gasteiger partial charge in [-0.05, 0) is 0 Å². The predicted molar refractivity (Wildman–Crippen MR) is 67.3 cm³/mol. The van der Waals surface area contributed by atoms with Crippen molar-refractivity contribution in [1.82, 2.24) is 0 Å². The fraction of sp³-hybridized carbons (Fsp3) is 1.00. The van der Waals surface area contributed by atoms with E-state index >= 15 is 0 Å². The summed E-state index contributed by atoms with van der Waals surface area (Å²) in [7, 11) is 0. The van der Waals surface area contributed by atoms with Crippen LogP contribution >= 0.6 is 0 Å². The highest BCUT2D eigenvalue weighted by molar-refractivity contribution is 4.63. The molecule has 1 saturated heterocycles. The molecule has 1 rings (SSSR count). The molecule has 1 aliphatic heterocycles. The third kappa shape index (κ3) is 8.08. The summed E-state index contributed by atoms with van der Waals surface area (Å²) in [5.41, 5.74) is 0. The maximum Gasteiger partial charge on any atom is 0.104 e. The molecule has 8 nitrogen and oxygen atoms in total. The Morgan fingerprint density at radius 1 is 0.900 bits per heavy atom. The Bertz CT molecular complexity index is 223. The van der Waals surface area contributed by atoms with Crippen molar-refractivity contribution in [2.45, 2.75) is 24.4 Å². The Labute approximate surface area is 117 Å². The summed E-state index contributed by atoms with van der Waals surface area (Å²) in [6.07, 6.45) is -2.95. The van der Waals surface area contributed by atoms with Gasteiger partial charge in [-0.1, -0.05) is 0 Å². The van der Waals surface area contributed by atoms with Crippen LogP contribution in [0.2, 0.25) is 0 Å². The van der Waals surface area contributed by atoms with Crippen LogP contribution in [0.15, 0.2) is 0 Å². The van der Waals surface area contributed by atoms with E-state index in [2.05, 4.69) is 0 Å². The smallest absolute Gasteiger partial charge is 0.104 e. The van der Waals surface area contributed by atoms with Crippen LogP contribution in [0.25, 0.3) is 0 Å². The lowest BCUT2D eigenvalue weighted by molar-refractivity contribution is -0.120. The van der Waals surface area contributed by atoms with Gasteiger partial charge in [-0.15, -0.1) is 0 Å². The zero-order valence-corrected chi connectivity index (χ0v) is 11.4. The summed E-state index contributed by atoms with van der Waals surface area (Å²) < 4.78 is 21.0. The summed E-state index contributed by atoms with van der Waals surface area (Å²) in [6, 6.07) is 0. The van der Waals surface area contributed by atoms with Crippen molar-refractivity contribution >= 4 is 0 Å². The molecule has 1 fully saturated rings. The lowest BCUT2D eigenvalue weighted by Crippen LogP contribution is -2.35. The van der Waals surface area contributed by atoms with Crippen LogP contribution in [0, 0.1) is 0 Å². The number of hydrogen-bond donors (Lipinski definition) is 4. The molecular formula is C12H24O8. The van der Waals surface area contributed by atoms with Gasteiger partial charge in [0.05, 0.1) is 52.9 Å². The van der Waals surface area contributed by atoms with Crippen molar-refractivity contribution in [2.24, 2.45) is 0 Å². The lowest BCUT2D eigenvalue weighted by Gasteiger charge is -2.22. The zero-order valence-electron chi connectivity index (χ0n) is 11.4. The van der Waals surface area contributed by atoms with Gasteiger partial charge in [0.25, 0.3) is 0 Å². The summed E-state index contributed by atoms with van der Waals surface area (Å²) in [5, 5.41) is 37.0. The van der Waals surface area contributed by atoms with Crippen molar-refractivity contribution in [3.63, 3.8) is 0 Å². The molecule has 3 atom stereocenters. The first kappa shape index (κ1) is 17.7. The minimum Gasteiger partial charge on any atom is -0.394 e. The first-order valence-corrected chi connectivity index (χ1v) is 6.61. The molecule has 1 aliphatic rings. The molecular weight excluding hydrogens is 272 g/mol. The number of hydrogen-bond acceptors (Lipinski definition) is 8. The Morgan fingerprint density at radius 3 is 1.80 bits per heavy atom. The van der Waals surface area contributed by atoms with Crippen LogP contribution in [-0.4, -0.2) is 97.7 Å². The maximum atomic E-state index is 9.55. The van der Waals surface area contributed by atoms with Crippen LogP contribution in [0.5, 0.6) is 0 Å². The van der Waals surface area contributed by atoms with E-state index < -0.39 is 24.4 Å². The van der Waals surface area contributed by atoms with Crippen LogP contribution in [0.1, 0.15) is 0 Å². The minimum atomic E-state index is -0.957. The first-order chi connectivity index (χ1) is 9.61. The molecule has 0 spiro atoms. The molecule has 0 aromatic heterocycles. The topological polar surface area (TPSA) is 118 Å². The van der Waals surface area contributed by atoms with Crippen molar-refractivity contribution < 1.29 is 39.4 Å². The van der Waals surface area contributed by atoms with E-state index in [1.54, 1.807) is 0 Å². The van der Waals surface area contributed by atoms with Crippen LogP contribution < -0.4 is 0 Å². The summed E-state index contributed by atoms with van der Waals surface area (Å²) in [4.78, 5) is 0. The van der Waals surface area contributed by atoms with Gasteiger partial charge in [0, 0.05) is 0 Å². The summed E-state index contributed by atoms with van der Waals surface area (Å²) in [6.45, 7) is 0.233. The van der Waals surface area contributed by atoms with Crippen LogP contribution in [-0.2, 0) is 18.9 Å². The third-order valence-electron chi connectivity index (χ3n) is 2.58. The highest BCUT2D eigenvalue weighted by Crippen LogP contribution is 2.01. The molecule has 0 aromatic rings. The average molecular weight is 296 g/mol. The molecule has 0 radical (unpaired) electrons. The van der Waals surface area contributed by atoms with E-state index in [0.29, 0.717) is 0 Å². The largest absolute Gasteiger partial charge is 0.394 e. The fourth-order valence-corrected chi connectivity index (χ4v) is 1.55. The van der Waals surface area contributed by atoms with E-state index in [-0.39, 0.29) is 52.9 Å². The molecule has 0 aromatic carbocycles. The summed E-state index contributed by atoms with van der Waals surface area (Å²) in [5.74, 6) is 0. The molecule has 0 bridgehead atoms. The Kier molecular flexibility index (Phi) is 9.23. The Hall–Kier alpha value is -0.320. The average Bonchev–Trinajstić information content (AvgIpc) is 2.42. The van der Waals surface area contributed by atoms with E-state index in [4.69, 9.17) is 24.1 Å². The van der Waals surface area contributed by atoms with Gasteiger partial charge in [0.15, 0.2) is 0 Å². The monoisotopic (exact) mass is 296 g/mol. The SMILES string of the molecule is OCC(O)COC1COCC(O)COCC(O)COC1. The van der Waals surface area contributed by atoms with Gasteiger partial charge < -0.3 is 39.4 Å². The highest BCUT2D eigenvalue weighted by Gasteiger charge is 2.17. The van der Waals surface area contributed by atoms with E-state index in [1.807, 2.05) is 0 Å². The quantitative estimate of drug-likeness (QED) is 0.450. The van der Waals surface area contributed by atoms with Gasteiger partial charge in [-0.25, -0.2) is 0 Å². The molecule has 0 amide bonds. The fourth-order valence-electron chi connectivity index (χ4n) is 1.55. The molecule has 0 saturated carbocycles. The van der Waals surface area contributed by atoms with Gasteiger partial charge >= 0.3 is 0 Å². The summed E-state index contributed by atoms with van der Waals surface area (Å²) >= 11 is 0. The number of rotatable bonds is 4. The van der Waals surface area contributed by atoms with E-state index in [0.717, 1.165) is 0 Å². The molecule has 20 heavy (non-hydrogen) atoms. The molecule has 4 N–H and O–H groups in total. The normalized spacial score (nSPS) is 32.1. The molecule has 1 heterocycles. The van der Waals surface area contributed by atoms with Gasteiger partial charge in [-0.2, -0.15) is 0 Å². The van der Waals surface area contributed by atoms with Gasteiger partial charge in [0.2, 0.25) is 0 Å². The Balaban J connectivity index is 2.38. The van der Waals surface area contributed by atoms with E-state index in [1.165, 1.54) is 0 Å². The second kappa shape index (κ2) is 10.4. The Morgan fingerprint density at radius 2 is 1.35 bits per heavy atom. The maximum absolute atomic E-state index is 9.55. The molecule has 8 heteroatoms.